The van der Waals surface area contributed by atoms with Crippen molar-refractivity contribution >= 4 is 5.91 Å². The fourth-order valence-corrected chi connectivity index (χ4v) is 3.74. The van der Waals surface area contributed by atoms with E-state index in [1.54, 1.807) is 28.4 Å². The summed E-state index contributed by atoms with van der Waals surface area (Å²) >= 11 is 0. The Bertz CT molecular complexity index is 864. The summed E-state index contributed by atoms with van der Waals surface area (Å²) in [5, 5.41) is 0. The third-order valence-corrected chi connectivity index (χ3v) is 5.30. The van der Waals surface area contributed by atoms with Crippen molar-refractivity contribution in [2.24, 2.45) is 0 Å². The van der Waals surface area contributed by atoms with Crippen molar-refractivity contribution in [2.45, 2.75) is 25.8 Å². The Kier molecular flexibility index (Phi) is 5.97. The van der Waals surface area contributed by atoms with Crippen LogP contribution < -0.4 is 18.9 Å². The van der Waals surface area contributed by atoms with Crippen molar-refractivity contribution in [1.82, 2.24) is 4.90 Å². The van der Waals surface area contributed by atoms with E-state index in [9.17, 15) is 4.79 Å². The van der Waals surface area contributed by atoms with Gasteiger partial charge in [-0.2, -0.15) is 0 Å². The van der Waals surface area contributed by atoms with Crippen LogP contribution in [0.15, 0.2) is 30.3 Å². The molecule has 1 aliphatic rings. The second-order valence-corrected chi connectivity index (χ2v) is 6.79. The molecule has 1 atom stereocenters. The lowest BCUT2D eigenvalue weighted by molar-refractivity contribution is -0.134. The molecule has 3 rings (SSSR count). The lowest BCUT2D eigenvalue weighted by atomic mass is 9.89. The van der Waals surface area contributed by atoms with Crippen LogP contribution in [0.25, 0.3) is 0 Å². The topological polar surface area (TPSA) is 57.2 Å². The normalized spacial score (nSPS) is 15.8. The van der Waals surface area contributed by atoms with Crippen molar-refractivity contribution < 1.29 is 23.7 Å². The Morgan fingerprint density at radius 3 is 2.25 bits per heavy atom. The van der Waals surface area contributed by atoms with Crippen molar-refractivity contribution in [1.29, 1.82) is 0 Å². The predicted octanol–water partition coefficient (Wildman–Crippen LogP) is 3.41. The first-order valence-electron chi connectivity index (χ1n) is 9.27. The minimum Gasteiger partial charge on any atom is -0.493 e. The van der Waals surface area contributed by atoms with Gasteiger partial charge in [-0.25, -0.2) is 0 Å². The summed E-state index contributed by atoms with van der Waals surface area (Å²) in [6.07, 6.45) is 0.723. The summed E-state index contributed by atoms with van der Waals surface area (Å²) in [6.45, 7) is 3.06. The highest BCUT2D eigenvalue weighted by atomic mass is 16.5. The van der Waals surface area contributed by atoms with Crippen molar-refractivity contribution in [3.05, 3.63) is 47.0 Å². The molecule has 6 nitrogen and oxygen atoms in total. The van der Waals surface area contributed by atoms with Gasteiger partial charge in [0.2, 0.25) is 5.91 Å². The Morgan fingerprint density at radius 2 is 1.61 bits per heavy atom. The van der Waals surface area contributed by atoms with Crippen molar-refractivity contribution in [3.8, 4) is 23.0 Å². The van der Waals surface area contributed by atoms with E-state index in [-0.39, 0.29) is 11.8 Å². The highest BCUT2D eigenvalue weighted by Gasteiger charge is 2.32. The van der Waals surface area contributed by atoms with Crippen LogP contribution in [-0.2, 0) is 17.8 Å². The van der Waals surface area contributed by atoms with Crippen LogP contribution in [0.3, 0.4) is 0 Å². The van der Waals surface area contributed by atoms with Crippen LogP contribution in [0.2, 0.25) is 0 Å². The number of carbonyl (C=O) groups is 1. The van der Waals surface area contributed by atoms with Gasteiger partial charge in [-0.1, -0.05) is 12.1 Å². The first-order chi connectivity index (χ1) is 13.5. The zero-order chi connectivity index (χ0) is 20.3. The molecule has 2 aromatic rings. The SMILES string of the molecule is COc1ccc(CCN2Cc3c(ccc(OC)c3OC)C(C)C2=O)cc1OC. The minimum atomic E-state index is -0.214. The number of benzene rings is 2. The molecule has 28 heavy (non-hydrogen) atoms. The van der Waals surface area contributed by atoms with Crippen LogP contribution in [0.1, 0.15) is 29.5 Å². The quantitative estimate of drug-likeness (QED) is 0.731. The fraction of sp³-hybridized carbons (Fsp3) is 0.409. The highest BCUT2D eigenvalue weighted by Crippen LogP contribution is 2.40. The Hall–Kier alpha value is -2.89. The van der Waals surface area contributed by atoms with Gasteiger partial charge in [0, 0.05) is 18.7 Å². The number of ether oxygens (including phenoxy) is 4. The van der Waals surface area contributed by atoms with Crippen molar-refractivity contribution in [3.63, 3.8) is 0 Å². The fourth-order valence-electron chi connectivity index (χ4n) is 3.74. The molecule has 0 aliphatic carbocycles. The number of methoxy groups -OCH3 is 4. The predicted molar refractivity (Wildman–Crippen MR) is 107 cm³/mol. The van der Waals surface area contributed by atoms with Gasteiger partial charge in [-0.05, 0) is 42.7 Å². The second-order valence-electron chi connectivity index (χ2n) is 6.79. The van der Waals surface area contributed by atoms with Gasteiger partial charge in [0.15, 0.2) is 23.0 Å². The largest absolute Gasteiger partial charge is 0.493 e. The third-order valence-electron chi connectivity index (χ3n) is 5.30. The van der Waals surface area contributed by atoms with E-state index in [4.69, 9.17) is 18.9 Å². The van der Waals surface area contributed by atoms with E-state index in [1.165, 1.54) is 0 Å². The first kappa shape index (κ1) is 19.9. The molecule has 150 valence electrons. The number of carbonyl (C=O) groups excluding carboxylic acids is 1. The van der Waals surface area contributed by atoms with Crippen LogP contribution in [0, 0.1) is 0 Å². The smallest absolute Gasteiger partial charge is 0.230 e. The van der Waals surface area contributed by atoms with Gasteiger partial charge in [-0.3, -0.25) is 4.79 Å². The van der Waals surface area contributed by atoms with Gasteiger partial charge in [0.1, 0.15) is 0 Å². The zero-order valence-electron chi connectivity index (χ0n) is 17.1. The molecule has 0 spiro atoms. The molecule has 2 aromatic carbocycles. The maximum Gasteiger partial charge on any atom is 0.230 e. The van der Waals surface area contributed by atoms with Gasteiger partial charge in [0.05, 0.1) is 34.4 Å². The zero-order valence-corrected chi connectivity index (χ0v) is 17.1. The average molecular weight is 385 g/mol. The van der Waals surface area contributed by atoms with Gasteiger partial charge >= 0.3 is 0 Å². The molecule has 0 saturated heterocycles. The van der Waals surface area contributed by atoms with Gasteiger partial charge in [-0.15, -0.1) is 0 Å². The molecule has 1 aliphatic heterocycles. The number of amides is 1. The third kappa shape index (κ3) is 3.59. The van der Waals surface area contributed by atoms with E-state index in [0.717, 1.165) is 23.1 Å². The number of hydrogen-bond donors (Lipinski definition) is 0. The maximum absolute atomic E-state index is 12.9. The Labute approximate surface area is 166 Å². The highest BCUT2D eigenvalue weighted by molar-refractivity contribution is 5.86. The molecule has 0 bridgehead atoms. The number of hydrogen-bond acceptors (Lipinski definition) is 5. The molecule has 0 saturated carbocycles. The molecule has 1 heterocycles. The number of nitrogens with zero attached hydrogens (tertiary/aromatic N) is 1. The van der Waals surface area contributed by atoms with E-state index < -0.39 is 0 Å². The van der Waals surface area contributed by atoms with Crippen LogP contribution in [0.4, 0.5) is 0 Å². The standard InChI is InChI=1S/C22H27NO5/c1-14-16-7-9-19(26-3)21(28-5)17(16)13-23(22(14)24)11-10-15-6-8-18(25-2)20(12-15)27-4/h6-9,12,14H,10-11,13H2,1-5H3. The molecular formula is C22H27NO5. The number of fused-ring (bicyclic) bond motifs is 1. The van der Waals surface area contributed by atoms with E-state index in [1.807, 2.05) is 42.2 Å². The molecular weight excluding hydrogens is 358 g/mol. The van der Waals surface area contributed by atoms with Crippen LogP contribution in [-0.4, -0.2) is 45.8 Å². The van der Waals surface area contributed by atoms with Gasteiger partial charge in [0.25, 0.3) is 0 Å². The molecule has 1 unspecified atom stereocenters. The lowest BCUT2D eigenvalue weighted by Crippen LogP contribution is -2.39. The molecule has 0 N–H and O–H groups in total. The summed E-state index contributed by atoms with van der Waals surface area (Å²) < 4.78 is 21.7. The van der Waals surface area contributed by atoms with E-state index in [2.05, 4.69) is 0 Å². The summed E-state index contributed by atoms with van der Waals surface area (Å²) in [4.78, 5) is 14.8. The Morgan fingerprint density at radius 1 is 0.929 bits per heavy atom. The Balaban J connectivity index is 1.82. The summed E-state index contributed by atoms with van der Waals surface area (Å²) in [6, 6.07) is 9.66. The summed E-state index contributed by atoms with van der Waals surface area (Å²) in [5.74, 6) is 2.68. The maximum atomic E-state index is 12.9. The number of rotatable bonds is 7. The molecule has 1 amide bonds. The summed E-state index contributed by atoms with van der Waals surface area (Å²) in [7, 11) is 6.49. The van der Waals surface area contributed by atoms with Gasteiger partial charge < -0.3 is 23.8 Å². The molecule has 6 heteroatoms. The molecule has 0 aromatic heterocycles. The van der Waals surface area contributed by atoms with Crippen LogP contribution >= 0.6 is 0 Å². The summed E-state index contributed by atoms with van der Waals surface area (Å²) in [5.41, 5.74) is 3.10. The second kappa shape index (κ2) is 8.42. The van der Waals surface area contributed by atoms with E-state index in [0.29, 0.717) is 36.1 Å². The van der Waals surface area contributed by atoms with Crippen LogP contribution in [0.5, 0.6) is 23.0 Å². The first-order valence-corrected chi connectivity index (χ1v) is 9.27. The van der Waals surface area contributed by atoms with Crippen molar-refractivity contribution in [2.75, 3.05) is 35.0 Å². The lowest BCUT2D eigenvalue weighted by Gasteiger charge is -2.34. The minimum absolute atomic E-state index is 0.125. The average Bonchev–Trinajstić information content (AvgIpc) is 2.73. The van der Waals surface area contributed by atoms with E-state index >= 15 is 0 Å². The monoisotopic (exact) mass is 385 g/mol. The molecule has 0 fully saturated rings. The molecule has 0 radical (unpaired) electrons.